The SMILES string of the molecule is CNc1cc(Nc2cccn(-c3ccc(F)cn3)c2=O)nc2c(C(=O)N[C@@H]3CC[C@H]3OC)cnn12. The Hall–Kier alpha value is -4.32. The lowest BCUT2D eigenvalue weighted by Gasteiger charge is -2.35. The van der Waals surface area contributed by atoms with E-state index in [-0.39, 0.29) is 29.6 Å². The highest BCUT2D eigenvalue weighted by Gasteiger charge is 2.33. The first-order chi connectivity index (χ1) is 17.0. The van der Waals surface area contributed by atoms with Crippen LogP contribution in [0.25, 0.3) is 11.5 Å². The molecule has 11 nitrogen and oxygen atoms in total. The van der Waals surface area contributed by atoms with Crippen LogP contribution in [0.3, 0.4) is 0 Å². The average molecular weight is 478 g/mol. The normalized spacial score (nSPS) is 17.1. The summed E-state index contributed by atoms with van der Waals surface area (Å²) in [6, 6.07) is 7.51. The van der Waals surface area contributed by atoms with E-state index in [1.54, 1.807) is 32.4 Å². The lowest BCUT2D eigenvalue weighted by Crippen LogP contribution is -2.51. The van der Waals surface area contributed by atoms with Crippen molar-refractivity contribution in [1.82, 2.24) is 29.5 Å². The van der Waals surface area contributed by atoms with Gasteiger partial charge in [-0.25, -0.2) is 14.4 Å². The van der Waals surface area contributed by atoms with Crippen LogP contribution in [0.5, 0.6) is 0 Å². The minimum absolute atomic E-state index is 0.00491. The summed E-state index contributed by atoms with van der Waals surface area (Å²) in [6.45, 7) is 0. The number of carbonyl (C=O) groups is 1. The van der Waals surface area contributed by atoms with Crippen LogP contribution in [0.1, 0.15) is 23.2 Å². The van der Waals surface area contributed by atoms with Gasteiger partial charge in [-0.1, -0.05) is 0 Å². The summed E-state index contributed by atoms with van der Waals surface area (Å²) in [6.07, 6.45) is 5.77. The Morgan fingerprint density at radius 1 is 1.23 bits per heavy atom. The average Bonchev–Trinajstić information content (AvgIpc) is 3.27. The van der Waals surface area contributed by atoms with Crippen molar-refractivity contribution in [2.24, 2.45) is 0 Å². The summed E-state index contributed by atoms with van der Waals surface area (Å²) in [5, 5.41) is 13.3. The van der Waals surface area contributed by atoms with Crippen molar-refractivity contribution in [3.05, 3.63) is 70.7 Å². The van der Waals surface area contributed by atoms with Crippen molar-refractivity contribution in [2.75, 3.05) is 24.8 Å². The second kappa shape index (κ2) is 9.14. The Balaban J connectivity index is 1.48. The topological polar surface area (TPSA) is 127 Å². The maximum atomic E-state index is 13.2. The number of pyridine rings is 2. The largest absolute Gasteiger partial charge is 0.379 e. The van der Waals surface area contributed by atoms with E-state index in [0.717, 1.165) is 19.0 Å². The Morgan fingerprint density at radius 2 is 2.09 bits per heavy atom. The first kappa shape index (κ1) is 22.5. The van der Waals surface area contributed by atoms with Crippen LogP contribution in [0.2, 0.25) is 0 Å². The quantitative estimate of drug-likeness (QED) is 0.369. The van der Waals surface area contributed by atoms with Gasteiger partial charge in [0.2, 0.25) is 0 Å². The summed E-state index contributed by atoms with van der Waals surface area (Å²) < 4.78 is 21.4. The molecule has 0 aromatic carbocycles. The number of carbonyl (C=O) groups excluding carboxylic acids is 1. The van der Waals surface area contributed by atoms with E-state index >= 15 is 0 Å². The summed E-state index contributed by atoms with van der Waals surface area (Å²) in [4.78, 5) is 34.5. The summed E-state index contributed by atoms with van der Waals surface area (Å²) in [7, 11) is 3.34. The Kier molecular flexibility index (Phi) is 5.87. The number of hydrogen-bond acceptors (Lipinski definition) is 8. The second-order valence-electron chi connectivity index (χ2n) is 8.06. The first-order valence-electron chi connectivity index (χ1n) is 11.0. The number of hydrogen-bond donors (Lipinski definition) is 3. The molecule has 0 bridgehead atoms. The number of nitrogens with one attached hydrogen (secondary N) is 3. The molecule has 0 spiro atoms. The predicted molar refractivity (Wildman–Crippen MR) is 127 cm³/mol. The maximum absolute atomic E-state index is 13.2. The van der Waals surface area contributed by atoms with E-state index in [0.29, 0.717) is 22.8 Å². The summed E-state index contributed by atoms with van der Waals surface area (Å²) >= 11 is 0. The molecule has 180 valence electrons. The van der Waals surface area contributed by atoms with Gasteiger partial charge in [0, 0.05) is 26.4 Å². The number of ether oxygens (including phenoxy) is 1. The number of halogens is 1. The molecule has 3 N–H and O–H groups in total. The van der Waals surface area contributed by atoms with Crippen LogP contribution in [-0.2, 0) is 4.74 Å². The molecular weight excluding hydrogens is 455 g/mol. The van der Waals surface area contributed by atoms with Gasteiger partial charge in [-0.3, -0.25) is 14.2 Å². The molecular formula is C23H23FN8O3. The minimum Gasteiger partial charge on any atom is -0.379 e. The molecule has 35 heavy (non-hydrogen) atoms. The Morgan fingerprint density at radius 3 is 2.77 bits per heavy atom. The van der Waals surface area contributed by atoms with E-state index in [1.165, 1.54) is 33.6 Å². The molecule has 0 aliphatic heterocycles. The lowest BCUT2D eigenvalue weighted by molar-refractivity contribution is 0.00732. The number of anilines is 3. The number of methoxy groups -OCH3 is 1. The molecule has 4 heterocycles. The van der Waals surface area contributed by atoms with Crippen LogP contribution in [-0.4, -0.2) is 56.4 Å². The maximum Gasteiger partial charge on any atom is 0.279 e. The second-order valence-corrected chi connectivity index (χ2v) is 8.06. The lowest BCUT2D eigenvalue weighted by atomic mass is 9.89. The van der Waals surface area contributed by atoms with Gasteiger partial charge < -0.3 is 20.7 Å². The van der Waals surface area contributed by atoms with Gasteiger partial charge in [0.05, 0.1) is 24.5 Å². The summed E-state index contributed by atoms with van der Waals surface area (Å²) in [5.41, 5.74) is 0.441. The fraction of sp³-hybridized carbons (Fsp3) is 0.261. The molecule has 2 atom stereocenters. The smallest absolute Gasteiger partial charge is 0.279 e. The molecule has 1 saturated carbocycles. The third kappa shape index (κ3) is 4.19. The highest BCUT2D eigenvalue weighted by atomic mass is 19.1. The zero-order valence-corrected chi connectivity index (χ0v) is 19.0. The van der Waals surface area contributed by atoms with Crippen LogP contribution in [0, 0.1) is 5.82 Å². The van der Waals surface area contributed by atoms with E-state index in [1.807, 2.05) is 0 Å². The molecule has 0 saturated heterocycles. The molecule has 0 radical (unpaired) electrons. The van der Waals surface area contributed by atoms with Crippen molar-refractivity contribution in [1.29, 1.82) is 0 Å². The molecule has 12 heteroatoms. The van der Waals surface area contributed by atoms with Gasteiger partial charge in [0.1, 0.15) is 34.5 Å². The predicted octanol–water partition coefficient (Wildman–Crippen LogP) is 2.11. The molecule has 4 aromatic rings. The number of aromatic nitrogens is 5. The zero-order chi connectivity index (χ0) is 24.5. The molecule has 0 unspecified atom stereocenters. The van der Waals surface area contributed by atoms with Crippen LogP contribution in [0.4, 0.5) is 21.7 Å². The van der Waals surface area contributed by atoms with Crippen molar-refractivity contribution < 1.29 is 13.9 Å². The zero-order valence-electron chi connectivity index (χ0n) is 19.0. The van der Waals surface area contributed by atoms with Crippen LogP contribution in [0.15, 0.2) is 53.7 Å². The molecule has 1 amide bonds. The van der Waals surface area contributed by atoms with Crippen LogP contribution >= 0.6 is 0 Å². The van der Waals surface area contributed by atoms with Crippen molar-refractivity contribution in [2.45, 2.75) is 25.0 Å². The van der Waals surface area contributed by atoms with Crippen molar-refractivity contribution >= 4 is 28.9 Å². The summed E-state index contributed by atoms with van der Waals surface area (Å²) in [5.74, 6) is 0.370. The molecule has 1 fully saturated rings. The minimum atomic E-state index is -0.496. The van der Waals surface area contributed by atoms with Gasteiger partial charge in [-0.05, 0) is 37.1 Å². The third-order valence-corrected chi connectivity index (χ3v) is 5.97. The number of rotatable bonds is 7. The van der Waals surface area contributed by atoms with Crippen molar-refractivity contribution in [3.8, 4) is 5.82 Å². The number of nitrogens with zero attached hydrogens (tertiary/aromatic N) is 5. The van der Waals surface area contributed by atoms with E-state index < -0.39 is 11.4 Å². The number of fused-ring (bicyclic) bond motifs is 1. The molecule has 1 aliphatic rings. The van der Waals surface area contributed by atoms with Gasteiger partial charge in [-0.15, -0.1) is 0 Å². The molecule has 4 aromatic heterocycles. The van der Waals surface area contributed by atoms with Crippen LogP contribution < -0.4 is 21.5 Å². The highest BCUT2D eigenvalue weighted by Crippen LogP contribution is 2.24. The van der Waals surface area contributed by atoms with Gasteiger partial charge in [0.15, 0.2) is 5.65 Å². The third-order valence-electron chi connectivity index (χ3n) is 5.97. The van der Waals surface area contributed by atoms with Crippen molar-refractivity contribution in [3.63, 3.8) is 0 Å². The first-order valence-corrected chi connectivity index (χ1v) is 11.0. The monoisotopic (exact) mass is 478 g/mol. The fourth-order valence-corrected chi connectivity index (χ4v) is 3.95. The van der Waals surface area contributed by atoms with Gasteiger partial charge in [-0.2, -0.15) is 9.61 Å². The van der Waals surface area contributed by atoms with E-state index in [2.05, 4.69) is 31.0 Å². The Labute approximate surface area is 199 Å². The van der Waals surface area contributed by atoms with E-state index in [4.69, 9.17) is 4.74 Å². The molecule has 5 rings (SSSR count). The van der Waals surface area contributed by atoms with Gasteiger partial charge >= 0.3 is 0 Å². The number of amides is 1. The van der Waals surface area contributed by atoms with E-state index in [9.17, 15) is 14.0 Å². The standard InChI is InChI=1S/C23H23FN8O3/c1-25-20-10-18(28-16-4-3-9-31(23(16)34)19-8-5-13(24)11-26-19)30-21-14(12-27-32(20)21)22(33)29-15-6-7-17(15)35-2/h3-5,8-12,15,17,25H,6-7H2,1-2H3,(H,28,30)(H,29,33)/t15-,17-/m1/s1. The fourth-order valence-electron chi connectivity index (χ4n) is 3.95. The van der Waals surface area contributed by atoms with Gasteiger partial charge in [0.25, 0.3) is 11.5 Å². The Bertz CT molecular complexity index is 1450. The highest BCUT2D eigenvalue weighted by molar-refractivity contribution is 6.00. The molecule has 1 aliphatic carbocycles.